The normalized spacial score (nSPS) is 21.1. The molecular weight excluding hydrogens is 280 g/mol. The largest absolute Gasteiger partial charge is 0.481 e. The maximum absolute atomic E-state index is 12.5. The van der Waals surface area contributed by atoms with Gasteiger partial charge in [0.1, 0.15) is 0 Å². The first-order chi connectivity index (χ1) is 10.6. The van der Waals surface area contributed by atoms with Crippen LogP contribution in [0.1, 0.15) is 36.5 Å². The Hall–Kier alpha value is -2.30. The van der Waals surface area contributed by atoms with E-state index in [9.17, 15) is 9.59 Å². The quantitative estimate of drug-likeness (QED) is 0.912. The Labute approximate surface area is 128 Å². The molecule has 2 N–H and O–H groups in total. The van der Waals surface area contributed by atoms with E-state index >= 15 is 0 Å². The average molecular weight is 300 g/mol. The van der Waals surface area contributed by atoms with Crippen LogP contribution in [0, 0.1) is 5.92 Å². The van der Waals surface area contributed by atoms with Crippen molar-refractivity contribution in [2.24, 2.45) is 5.92 Å². The fraction of sp³-hybridized carbons (Fsp3) is 0.412. The molecule has 1 amide bonds. The van der Waals surface area contributed by atoms with E-state index < -0.39 is 5.97 Å². The molecule has 0 aliphatic heterocycles. The van der Waals surface area contributed by atoms with Gasteiger partial charge in [0.15, 0.2) is 0 Å². The van der Waals surface area contributed by atoms with E-state index in [0.29, 0.717) is 18.4 Å². The number of carboxylic acids is 1. The molecule has 5 heteroatoms. The number of hydrogen-bond donors (Lipinski definition) is 2. The molecule has 2 aromatic rings. The van der Waals surface area contributed by atoms with Gasteiger partial charge in [-0.2, -0.15) is 0 Å². The summed E-state index contributed by atoms with van der Waals surface area (Å²) in [6.45, 7) is 2.85. The van der Waals surface area contributed by atoms with Crippen molar-refractivity contribution in [3.8, 4) is 0 Å². The lowest BCUT2D eigenvalue weighted by Crippen LogP contribution is -2.33. The van der Waals surface area contributed by atoms with Crippen LogP contribution in [-0.4, -0.2) is 27.6 Å². The van der Waals surface area contributed by atoms with Crippen molar-refractivity contribution >= 4 is 22.8 Å². The molecule has 2 atom stereocenters. The molecular formula is C17H20N2O3. The van der Waals surface area contributed by atoms with Crippen LogP contribution in [0.4, 0.5) is 0 Å². The number of nitrogens with zero attached hydrogens (tertiary/aromatic N) is 1. The number of aliphatic carboxylic acids is 1. The van der Waals surface area contributed by atoms with E-state index in [1.54, 1.807) is 0 Å². The fourth-order valence-electron chi connectivity index (χ4n) is 3.29. The van der Waals surface area contributed by atoms with Crippen molar-refractivity contribution in [1.29, 1.82) is 0 Å². The van der Waals surface area contributed by atoms with Gasteiger partial charge >= 0.3 is 5.97 Å². The SMILES string of the molecule is CCn1cc(C(=O)N[C@H]2CC[C@@H](C(=O)O)C2)c2ccccc21. The second-order valence-electron chi connectivity index (χ2n) is 5.86. The van der Waals surface area contributed by atoms with Crippen molar-refractivity contribution in [2.45, 2.75) is 38.8 Å². The molecule has 1 aromatic heterocycles. The lowest BCUT2D eigenvalue weighted by atomic mass is 10.1. The van der Waals surface area contributed by atoms with Crippen LogP contribution in [0.3, 0.4) is 0 Å². The molecule has 0 unspecified atom stereocenters. The minimum Gasteiger partial charge on any atom is -0.481 e. The number of para-hydroxylation sites is 1. The molecule has 0 radical (unpaired) electrons. The lowest BCUT2D eigenvalue weighted by Gasteiger charge is -2.11. The third-order valence-corrected chi connectivity index (χ3v) is 4.49. The van der Waals surface area contributed by atoms with Gasteiger partial charge < -0.3 is 15.0 Å². The molecule has 116 valence electrons. The summed E-state index contributed by atoms with van der Waals surface area (Å²) >= 11 is 0. The zero-order chi connectivity index (χ0) is 15.7. The second-order valence-corrected chi connectivity index (χ2v) is 5.86. The molecule has 1 saturated carbocycles. The van der Waals surface area contributed by atoms with E-state index in [1.165, 1.54) is 0 Å². The maximum atomic E-state index is 12.5. The summed E-state index contributed by atoms with van der Waals surface area (Å²) < 4.78 is 2.05. The number of aryl methyl sites for hydroxylation is 1. The lowest BCUT2D eigenvalue weighted by molar-refractivity contribution is -0.141. The second kappa shape index (κ2) is 5.83. The molecule has 0 spiro atoms. The number of benzene rings is 1. The number of fused-ring (bicyclic) bond motifs is 1. The van der Waals surface area contributed by atoms with Crippen LogP contribution < -0.4 is 5.32 Å². The predicted molar refractivity (Wildman–Crippen MR) is 83.8 cm³/mol. The average Bonchev–Trinajstić information content (AvgIpc) is 3.11. The van der Waals surface area contributed by atoms with E-state index in [1.807, 2.05) is 37.4 Å². The van der Waals surface area contributed by atoms with Gasteiger partial charge in [0.05, 0.1) is 11.5 Å². The molecule has 1 fully saturated rings. The zero-order valence-electron chi connectivity index (χ0n) is 12.6. The molecule has 0 bridgehead atoms. The van der Waals surface area contributed by atoms with Crippen LogP contribution in [0.5, 0.6) is 0 Å². The van der Waals surface area contributed by atoms with Gasteiger partial charge in [-0.3, -0.25) is 9.59 Å². The molecule has 1 heterocycles. The van der Waals surface area contributed by atoms with Crippen molar-refractivity contribution in [1.82, 2.24) is 9.88 Å². The highest BCUT2D eigenvalue weighted by molar-refractivity contribution is 6.07. The van der Waals surface area contributed by atoms with E-state index in [0.717, 1.165) is 23.9 Å². The first-order valence-corrected chi connectivity index (χ1v) is 7.71. The number of carbonyl (C=O) groups excluding carboxylic acids is 1. The minimum atomic E-state index is -0.765. The van der Waals surface area contributed by atoms with Crippen LogP contribution in [0.2, 0.25) is 0 Å². The standard InChI is InChI=1S/C17H20N2O3/c1-2-19-10-14(13-5-3-4-6-15(13)19)16(20)18-12-8-7-11(9-12)17(21)22/h3-6,10-12H,2,7-9H2,1H3,(H,18,20)(H,21,22)/t11-,12+/m1/s1. The highest BCUT2D eigenvalue weighted by atomic mass is 16.4. The van der Waals surface area contributed by atoms with Crippen LogP contribution >= 0.6 is 0 Å². The van der Waals surface area contributed by atoms with Gasteiger partial charge in [0.25, 0.3) is 5.91 Å². The summed E-state index contributed by atoms with van der Waals surface area (Å²) in [5.74, 6) is -1.21. The van der Waals surface area contributed by atoms with E-state index in [2.05, 4.69) is 9.88 Å². The summed E-state index contributed by atoms with van der Waals surface area (Å²) in [7, 11) is 0. The van der Waals surface area contributed by atoms with Gasteiger partial charge in [0.2, 0.25) is 0 Å². The smallest absolute Gasteiger partial charge is 0.306 e. The van der Waals surface area contributed by atoms with Gasteiger partial charge in [-0.05, 0) is 32.3 Å². The number of aromatic nitrogens is 1. The predicted octanol–water partition coefficient (Wildman–Crippen LogP) is 2.64. The van der Waals surface area contributed by atoms with Crippen molar-refractivity contribution in [2.75, 3.05) is 0 Å². The third kappa shape index (κ3) is 2.58. The number of carboxylic acid groups (broad SMARTS) is 1. The highest BCUT2D eigenvalue weighted by Crippen LogP contribution is 2.27. The minimum absolute atomic E-state index is 0.0441. The van der Waals surface area contributed by atoms with Crippen molar-refractivity contribution < 1.29 is 14.7 Å². The fourth-order valence-corrected chi connectivity index (χ4v) is 3.29. The zero-order valence-corrected chi connectivity index (χ0v) is 12.6. The number of nitrogens with one attached hydrogen (secondary N) is 1. The van der Waals surface area contributed by atoms with Gasteiger partial charge in [-0.25, -0.2) is 0 Å². The molecule has 5 nitrogen and oxygen atoms in total. The Morgan fingerprint density at radius 1 is 1.32 bits per heavy atom. The van der Waals surface area contributed by atoms with Gasteiger partial charge in [-0.15, -0.1) is 0 Å². The number of carbonyl (C=O) groups is 2. The summed E-state index contributed by atoms with van der Waals surface area (Å²) in [6.07, 6.45) is 3.77. The Morgan fingerprint density at radius 3 is 2.77 bits per heavy atom. The van der Waals surface area contributed by atoms with Crippen LogP contribution in [0.15, 0.2) is 30.5 Å². The Balaban J connectivity index is 1.80. The molecule has 1 aliphatic carbocycles. The van der Waals surface area contributed by atoms with Crippen molar-refractivity contribution in [3.63, 3.8) is 0 Å². The Kier molecular flexibility index (Phi) is 3.88. The first-order valence-electron chi connectivity index (χ1n) is 7.71. The Bertz CT molecular complexity index is 720. The summed E-state index contributed by atoms with van der Waals surface area (Å²) in [5, 5.41) is 13.0. The number of amides is 1. The van der Waals surface area contributed by atoms with Crippen LogP contribution in [-0.2, 0) is 11.3 Å². The summed E-state index contributed by atoms with van der Waals surface area (Å²) in [5.41, 5.74) is 1.71. The third-order valence-electron chi connectivity index (χ3n) is 4.49. The highest BCUT2D eigenvalue weighted by Gasteiger charge is 2.31. The number of rotatable bonds is 4. The topological polar surface area (TPSA) is 71.3 Å². The van der Waals surface area contributed by atoms with E-state index in [-0.39, 0.29) is 17.9 Å². The monoisotopic (exact) mass is 300 g/mol. The van der Waals surface area contributed by atoms with E-state index in [4.69, 9.17) is 5.11 Å². The van der Waals surface area contributed by atoms with Gasteiger partial charge in [-0.1, -0.05) is 18.2 Å². The summed E-state index contributed by atoms with van der Waals surface area (Å²) in [6, 6.07) is 7.80. The Morgan fingerprint density at radius 2 is 2.09 bits per heavy atom. The molecule has 22 heavy (non-hydrogen) atoms. The molecule has 3 rings (SSSR count). The maximum Gasteiger partial charge on any atom is 0.306 e. The van der Waals surface area contributed by atoms with Crippen LogP contribution in [0.25, 0.3) is 10.9 Å². The number of hydrogen-bond acceptors (Lipinski definition) is 2. The molecule has 1 aromatic carbocycles. The molecule has 1 aliphatic rings. The molecule has 0 saturated heterocycles. The van der Waals surface area contributed by atoms with Gasteiger partial charge in [0, 0.05) is 29.7 Å². The summed E-state index contributed by atoms with van der Waals surface area (Å²) in [4.78, 5) is 23.6. The first kappa shape index (κ1) is 14.6. The van der Waals surface area contributed by atoms with Crippen molar-refractivity contribution in [3.05, 3.63) is 36.0 Å².